The van der Waals surface area contributed by atoms with E-state index in [1.54, 1.807) is 24.3 Å². The van der Waals surface area contributed by atoms with Gasteiger partial charge in [0, 0.05) is 18.7 Å². The zero-order chi connectivity index (χ0) is 17.8. The third-order valence-electron chi connectivity index (χ3n) is 4.18. The van der Waals surface area contributed by atoms with Crippen LogP contribution < -0.4 is 9.64 Å². The highest BCUT2D eigenvalue weighted by atomic mass is 19.1. The molecule has 2 aromatic rings. The number of ether oxygens (including phenoxy) is 1. The lowest BCUT2D eigenvalue weighted by molar-refractivity contribution is -0.138. The van der Waals surface area contributed by atoms with Crippen molar-refractivity contribution in [2.24, 2.45) is 0 Å². The number of rotatable bonds is 6. The molecule has 25 heavy (non-hydrogen) atoms. The van der Waals surface area contributed by atoms with Gasteiger partial charge in [0.05, 0.1) is 6.61 Å². The molecule has 0 saturated carbocycles. The van der Waals surface area contributed by atoms with Gasteiger partial charge in [0.2, 0.25) is 5.91 Å². The zero-order valence-electron chi connectivity index (χ0n) is 13.5. The predicted octanol–water partition coefficient (Wildman–Crippen LogP) is 3.20. The van der Waals surface area contributed by atoms with E-state index in [2.05, 4.69) is 0 Å². The minimum Gasteiger partial charge on any atom is -0.494 e. The Morgan fingerprint density at radius 3 is 2.60 bits per heavy atom. The van der Waals surface area contributed by atoms with Gasteiger partial charge >= 0.3 is 5.97 Å². The fourth-order valence-corrected chi connectivity index (χ4v) is 2.93. The highest BCUT2D eigenvalue weighted by Crippen LogP contribution is 2.36. The number of anilines is 1. The average molecular weight is 343 g/mol. The molecule has 1 atom stereocenters. The Kier molecular flexibility index (Phi) is 4.97. The normalized spacial score (nSPS) is 15.7. The van der Waals surface area contributed by atoms with Crippen molar-refractivity contribution in [1.29, 1.82) is 0 Å². The van der Waals surface area contributed by atoms with Crippen LogP contribution in [0, 0.1) is 5.82 Å². The van der Waals surface area contributed by atoms with Crippen molar-refractivity contribution in [3.05, 3.63) is 59.9 Å². The maximum Gasteiger partial charge on any atom is 0.312 e. The Bertz CT molecular complexity index is 775. The molecule has 0 fully saturated rings. The van der Waals surface area contributed by atoms with Crippen LogP contribution in [0.5, 0.6) is 5.75 Å². The number of para-hydroxylation sites is 1. The fraction of sp³-hybridized carbons (Fsp3) is 0.263. The lowest BCUT2D eigenvalue weighted by Crippen LogP contribution is -2.31. The molecule has 0 radical (unpaired) electrons. The van der Waals surface area contributed by atoms with Gasteiger partial charge in [-0.1, -0.05) is 18.2 Å². The summed E-state index contributed by atoms with van der Waals surface area (Å²) in [7, 11) is 0. The second kappa shape index (κ2) is 7.34. The van der Waals surface area contributed by atoms with Gasteiger partial charge in [-0.05, 0) is 42.3 Å². The Morgan fingerprint density at radius 2 is 1.88 bits per heavy atom. The number of aliphatic carboxylic acids is 1. The first-order valence-electron chi connectivity index (χ1n) is 8.06. The number of fused-ring (bicyclic) bond motifs is 1. The van der Waals surface area contributed by atoms with Crippen LogP contribution in [0.4, 0.5) is 10.1 Å². The van der Waals surface area contributed by atoms with Crippen LogP contribution in [0.15, 0.2) is 48.5 Å². The largest absolute Gasteiger partial charge is 0.494 e. The predicted molar refractivity (Wildman–Crippen MR) is 90.3 cm³/mol. The second-order valence-corrected chi connectivity index (χ2v) is 5.86. The number of benzene rings is 2. The van der Waals surface area contributed by atoms with Gasteiger partial charge in [-0.3, -0.25) is 9.59 Å². The van der Waals surface area contributed by atoms with Crippen molar-refractivity contribution in [2.75, 3.05) is 18.1 Å². The number of nitrogens with zero attached hydrogens (tertiary/aromatic N) is 1. The number of carboxylic acid groups (broad SMARTS) is 1. The molecular weight excluding hydrogens is 325 g/mol. The van der Waals surface area contributed by atoms with Gasteiger partial charge in [-0.2, -0.15) is 0 Å². The molecule has 2 aromatic carbocycles. The zero-order valence-corrected chi connectivity index (χ0v) is 13.5. The van der Waals surface area contributed by atoms with Crippen LogP contribution in [-0.2, 0) is 9.59 Å². The molecule has 6 heteroatoms. The molecular formula is C19H18FNO4. The first kappa shape index (κ1) is 17.0. The van der Waals surface area contributed by atoms with Crippen molar-refractivity contribution < 1.29 is 23.8 Å². The van der Waals surface area contributed by atoms with Crippen molar-refractivity contribution in [3.63, 3.8) is 0 Å². The van der Waals surface area contributed by atoms with Gasteiger partial charge < -0.3 is 14.7 Å². The number of amides is 1. The molecule has 3 rings (SSSR count). The quantitative estimate of drug-likeness (QED) is 0.818. The second-order valence-electron chi connectivity index (χ2n) is 5.86. The first-order chi connectivity index (χ1) is 12.1. The average Bonchev–Trinajstić information content (AvgIpc) is 3.00. The number of carbonyl (C=O) groups excluding carboxylic acids is 1. The van der Waals surface area contributed by atoms with Crippen molar-refractivity contribution in [1.82, 2.24) is 0 Å². The van der Waals surface area contributed by atoms with E-state index in [0.717, 1.165) is 0 Å². The minimum atomic E-state index is -0.928. The van der Waals surface area contributed by atoms with Gasteiger partial charge in [0.15, 0.2) is 0 Å². The van der Waals surface area contributed by atoms with Crippen LogP contribution in [-0.4, -0.2) is 30.1 Å². The van der Waals surface area contributed by atoms with Crippen LogP contribution in [0.25, 0.3) is 0 Å². The molecule has 1 unspecified atom stereocenters. The molecule has 1 N–H and O–H groups in total. The van der Waals surface area contributed by atoms with Crippen molar-refractivity contribution >= 4 is 17.6 Å². The molecule has 130 valence electrons. The van der Waals surface area contributed by atoms with E-state index in [1.807, 2.05) is 0 Å². The number of hydrogen-bond donors (Lipinski definition) is 1. The number of carbonyl (C=O) groups is 2. The van der Waals surface area contributed by atoms with E-state index < -0.39 is 11.9 Å². The molecule has 0 saturated heterocycles. The summed E-state index contributed by atoms with van der Waals surface area (Å²) in [6.07, 6.45) is 0.745. The Labute approximate surface area is 144 Å². The fourth-order valence-electron chi connectivity index (χ4n) is 2.93. The van der Waals surface area contributed by atoms with Crippen LogP contribution >= 0.6 is 0 Å². The standard InChI is InChI=1S/C19H18FNO4/c20-13-7-9-14(10-8-13)25-11-3-6-18(22)21-12-16(19(23)24)15-4-1-2-5-17(15)21/h1-2,4-5,7-10,16H,3,6,11-12H2,(H,23,24). The van der Waals surface area contributed by atoms with Gasteiger partial charge in [-0.15, -0.1) is 0 Å². The topological polar surface area (TPSA) is 66.8 Å². The van der Waals surface area contributed by atoms with E-state index in [4.69, 9.17) is 4.74 Å². The lowest BCUT2D eigenvalue weighted by atomic mass is 10.0. The smallest absolute Gasteiger partial charge is 0.312 e. The number of carboxylic acids is 1. The molecule has 0 spiro atoms. The summed E-state index contributed by atoms with van der Waals surface area (Å²) in [5.74, 6) is -1.52. The summed E-state index contributed by atoms with van der Waals surface area (Å²) in [5.41, 5.74) is 1.34. The maximum absolute atomic E-state index is 12.8. The first-order valence-corrected chi connectivity index (χ1v) is 8.06. The third-order valence-corrected chi connectivity index (χ3v) is 4.18. The SMILES string of the molecule is O=C(O)C1CN(C(=O)CCCOc2ccc(F)cc2)c2ccccc21. The summed E-state index contributed by atoms with van der Waals surface area (Å²) >= 11 is 0. The van der Waals surface area contributed by atoms with Gasteiger partial charge in [-0.25, -0.2) is 4.39 Å². The minimum absolute atomic E-state index is 0.126. The van der Waals surface area contributed by atoms with Crippen molar-refractivity contribution in [3.8, 4) is 5.75 Å². The van der Waals surface area contributed by atoms with Gasteiger partial charge in [0.25, 0.3) is 0 Å². The van der Waals surface area contributed by atoms with E-state index in [1.165, 1.54) is 29.2 Å². The van der Waals surface area contributed by atoms with E-state index >= 15 is 0 Å². The molecule has 1 amide bonds. The highest BCUT2D eigenvalue weighted by molar-refractivity contribution is 5.98. The molecule has 0 aliphatic carbocycles. The number of halogens is 1. The summed E-state index contributed by atoms with van der Waals surface area (Å²) in [5, 5.41) is 9.33. The molecule has 1 aliphatic heterocycles. The van der Waals surface area contributed by atoms with Crippen LogP contribution in [0.1, 0.15) is 24.3 Å². The van der Waals surface area contributed by atoms with Gasteiger partial charge in [0.1, 0.15) is 17.5 Å². The van der Waals surface area contributed by atoms with E-state index in [9.17, 15) is 19.1 Å². The number of hydrogen-bond acceptors (Lipinski definition) is 3. The molecule has 0 aromatic heterocycles. The monoisotopic (exact) mass is 343 g/mol. The molecule has 1 heterocycles. The third kappa shape index (κ3) is 3.79. The summed E-state index contributed by atoms with van der Waals surface area (Å²) in [6, 6.07) is 12.8. The highest BCUT2D eigenvalue weighted by Gasteiger charge is 2.35. The summed E-state index contributed by atoms with van der Waals surface area (Å²) < 4.78 is 18.3. The summed E-state index contributed by atoms with van der Waals surface area (Å²) in [6.45, 7) is 0.488. The summed E-state index contributed by atoms with van der Waals surface area (Å²) in [4.78, 5) is 25.4. The molecule has 5 nitrogen and oxygen atoms in total. The Morgan fingerprint density at radius 1 is 1.16 bits per heavy atom. The molecule has 0 bridgehead atoms. The lowest BCUT2D eigenvalue weighted by Gasteiger charge is -2.17. The molecule has 1 aliphatic rings. The maximum atomic E-state index is 12.8. The van der Waals surface area contributed by atoms with E-state index in [0.29, 0.717) is 30.0 Å². The Balaban J connectivity index is 1.55. The van der Waals surface area contributed by atoms with E-state index in [-0.39, 0.29) is 24.7 Å². The Hall–Kier alpha value is -2.89. The van der Waals surface area contributed by atoms with Crippen LogP contribution in [0.3, 0.4) is 0 Å². The van der Waals surface area contributed by atoms with Crippen LogP contribution in [0.2, 0.25) is 0 Å². The van der Waals surface area contributed by atoms with Crippen molar-refractivity contribution in [2.45, 2.75) is 18.8 Å².